The van der Waals surface area contributed by atoms with Crippen LogP contribution in [0.15, 0.2) is 5.10 Å². The maximum Gasteiger partial charge on any atom is 0.128 e. The first kappa shape index (κ1) is 7.86. The van der Waals surface area contributed by atoms with Crippen LogP contribution in [0.2, 0.25) is 0 Å². The molecule has 2 nitrogen and oxygen atoms in total. The fraction of sp³-hybridized carbons (Fsp3) is 0.857. The largest absolute Gasteiger partial charge is 0.290 e. The topological polar surface area (TPSA) is 15.6 Å². The number of halogens is 1. The summed E-state index contributed by atoms with van der Waals surface area (Å²) in [6, 6.07) is 0. The minimum Gasteiger partial charge on any atom is -0.290 e. The number of hydrogen-bond acceptors (Lipinski definition) is 2. The third-order valence-corrected chi connectivity index (χ3v) is 1.80. The smallest absolute Gasteiger partial charge is 0.128 e. The quantitative estimate of drug-likeness (QED) is 0.530. The van der Waals surface area contributed by atoms with Crippen LogP contribution in [0.4, 0.5) is 0 Å². The van der Waals surface area contributed by atoms with Gasteiger partial charge in [0, 0.05) is 18.5 Å². The molecule has 0 aliphatic carbocycles. The van der Waals surface area contributed by atoms with Crippen LogP contribution in [0.25, 0.3) is 0 Å². The van der Waals surface area contributed by atoms with Crippen molar-refractivity contribution in [2.75, 3.05) is 6.54 Å². The lowest BCUT2D eigenvalue weighted by Gasteiger charge is -2.29. The molecule has 0 amide bonds. The summed E-state index contributed by atoms with van der Waals surface area (Å²) < 4.78 is 0. The first-order valence-corrected chi connectivity index (χ1v) is 3.88. The molecule has 0 spiro atoms. The highest BCUT2D eigenvalue weighted by atomic mass is 35.5. The Hall–Kier alpha value is -0.240. The van der Waals surface area contributed by atoms with Gasteiger partial charge in [0.25, 0.3) is 0 Å². The van der Waals surface area contributed by atoms with Gasteiger partial charge in [-0.3, -0.25) is 5.01 Å². The van der Waals surface area contributed by atoms with E-state index < -0.39 is 0 Å². The molecular weight excluding hydrogens is 148 g/mol. The highest BCUT2D eigenvalue weighted by molar-refractivity contribution is 6.65. The molecule has 0 N–H and O–H groups in total. The van der Waals surface area contributed by atoms with Crippen molar-refractivity contribution in [3.05, 3.63) is 0 Å². The maximum atomic E-state index is 5.72. The summed E-state index contributed by atoms with van der Waals surface area (Å²) in [7, 11) is 0. The van der Waals surface area contributed by atoms with Crippen LogP contribution >= 0.6 is 11.6 Å². The second-order valence-corrected chi connectivity index (χ2v) is 3.96. The van der Waals surface area contributed by atoms with Gasteiger partial charge in [-0.15, -0.1) is 0 Å². The molecule has 0 fully saturated rings. The molecule has 58 valence electrons. The van der Waals surface area contributed by atoms with Crippen molar-refractivity contribution in [3.8, 4) is 0 Å². The monoisotopic (exact) mass is 160 g/mol. The van der Waals surface area contributed by atoms with Crippen LogP contribution < -0.4 is 0 Å². The summed E-state index contributed by atoms with van der Waals surface area (Å²) in [5.74, 6) is 0. The van der Waals surface area contributed by atoms with E-state index in [0.29, 0.717) is 0 Å². The molecule has 1 aliphatic rings. The molecule has 0 aromatic heterocycles. The molecule has 0 unspecified atom stereocenters. The lowest BCUT2D eigenvalue weighted by molar-refractivity contribution is 0.161. The Morgan fingerprint density at radius 2 is 2.10 bits per heavy atom. The molecule has 3 heteroatoms. The minimum atomic E-state index is 0.122. The van der Waals surface area contributed by atoms with E-state index in [0.717, 1.165) is 18.1 Å². The second kappa shape index (κ2) is 2.42. The van der Waals surface area contributed by atoms with Crippen LogP contribution in [0, 0.1) is 0 Å². The van der Waals surface area contributed by atoms with Crippen molar-refractivity contribution in [3.63, 3.8) is 0 Å². The fourth-order valence-electron chi connectivity index (χ4n) is 0.915. The van der Waals surface area contributed by atoms with Gasteiger partial charge in [0.05, 0.1) is 0 Å². The molecule has 1 aliphatic heterocycles. The van der Waals surface area contributed by atoms with Gasteiger partial charge in [-0.25, -0.2) is 0 Å². The van der Waals surface area contributed by atoms with Gasteiger partial charge in [0.1, 0.15) is 5.17 Å². The van der Waals surface area contributed by atoms with Gasteiger partial charge in [0.15, 0.2) is 0 Å². The van der Waals surface area contributed by atoms with Gasteiger partial charge >= 0.3 is 0 Å². The van der Waals surface area contributed by atoms with E-state index in [1.807, 2.05) is 5.01 Å². The summed E-state index contributed by atoms with van der Waals surface area (Å²) in [4.78, 5) is 0. The molecule has 10 heavy (non-hydrogen) atoms. The summed E-state index contributed by atoms with van der Waals surface area (Å²) in [5.41, 5.74) is 0.122. The number of rotatable bonds is 0. The third-order valence-electron chi connectivity index (χ3n) is 1.53. The zero-order valence-corrected chi connectivity index (χ0v) is 7.44. The van der Waals surface area contributed by atoms with Crippen LogP contribution in [-0.2, 0) is 0 Å². The third kappa shape index (κ3) is 1.63. The minimum absolute atomic E-state index is 0.122. The Balaban J connectivity index is 2.61. The standard InChI is InChI=1S/C7H13ClN2/c1-7(2,3)10-5-4-6(8)9-10/h4-5H2,1-3H3. The lowest BCUT2D eigenvalue weighted by Crippen LogP contribution is -2.35. The highest BCUT2D eigenvalue weighted by Crippen LogP contribution is 2.19. The number of hydrazone groups is 1. The molecule has 0 bridgehead atoms. The average Bonchev–Trinajstić information content (AvgIpc) is 2.11. The molecule has 0 saturated heterocycles. The zero-order chi connectivity index (χ0) is 7.78. The van der Waals surface area contributed by atoms with E-state index in [4.69, 9.17) is 11.6 Å². The molecule has 1 rings (SSSR count). The first-order chi connectivity index (χ1) is 4.50. The lowest BCUT2D eigenvalue weighted by atomic mass is 10.1. The highest BCUT2D eigenvalue weighted by Gasteiger charge is 2.23. The van der Waals surface area contributed by atoms with Crippen molar-refractivity contribution < 1.29 is 0 Å². The first-order valence-electron chi connectivity index (χ1n) is 3.51. The van der Waals surface area contributed by atoms with E-state index in [2.05, 4.69) is 25.9 Å². The SMILES string of the molecule is CC(C)(C)N1CCC(Cl)=N1. The van der Waals surface area contributed by atoms with Crippen LogP contribution in [0.3, 0.4) is 0 Å². The Kier molecular flexibility index (Phi) is 1.90. The number of nitrogens with zero attached hydrogens (tertiary/aromatic N) is 2. The molecule has 0 atom stereocenters. The molecule has 0 radical (unpaired) electrons. The van der Waals surface area contributed by atoms with E-state index >= 15 is 0 Å². The Morgan fingerprint density at radius 1 is 1.50 bits per heavy atom. The summed E-state index contributed by atoms with van der Waals surface area (Å²) in [6.07, 6.45) is 0.902. The van der Waals surface area contributed by atoms with E-state index in [-0.39, 0.29) is 5.54 Å². The van der Waals surface area contributed by atoms with Crippen LogP contribution in [0.1, 0.15) is 27.2 Å². The molecule has 0 saturated carbocycles. The molecule has 0 aromatic rings. The van der Waals surface area contributed by atoms with Crippen molar-refractivity contribution in [1.29, 1.82) is 0 Å². The van der Waals surface area contributed by atoms with E-state index in [1.165, 1.54) is 0 Å². The van der Waals surface area contributed by atoms with Gasteiger partial charge in [-0.2, -0.15) is 5.10 Å². The van der Waals surface area contributed by atoms with Gasteiger partial charge < -0.3 is 0 Å². The van der Waals surface area contributed by atoms with E-state index in [1.54, 1.807) is 0 Å². The van der Waals surface area contributed by atoms with Crippen molar-refractivity contribution in [2.24, 2.45) is 5.10 Å². The van der Waals surface area contributed by atoms with E-state index in [9.17, 15) is 0 Å². The van der Waals surface area contributed by atoms with Gasteiger partial charge in [0.2, 0.25) is 0 Å². The Bertz CT molecular complexity index is 157. The fourth-order valence-corrected chi connectivity index (χ4v) is 1.09. The summed E-state index contributed by atoms with van der Waals surface area (Å²) >= 11 is 5.72. The Morgan fingerprint density at radius 3 is 2.30 bits per heavy atom. The van der Waals surface area contributed by atoms with Gasteiger partial charge in [-0.05, 0) is 20.8 Å². The Labute approximate surface area is 66.9 Å². The summed E-state index contributed by atoms with van der Waals surface area (Å²) in [6.45, 7) is 7.35. The molecule has 0 aromatic carbocycles. The number of hydrogen-bond donors (Lipinski definition) is 0. The average molecular weight is 161 g/mol. The molecular formula is C7H13ClN2. The van der Waals surface area contributed by atoms with Gasteiger partial charge in [-0.1, -0.05) is 11.6 Å². The van der Waals surface area contributed by atoms with Crippen LogP contribution in [0.5, 0.6) is 0 Å². The van der Waals surface area contributed by atoms with Crippen molar-refractivity contribution in [2.45, 2.75) is 32.7 Å². The predicted molar refractivity (Wildman–Crippen MR) is 44.4 cm³/mol. The van der Waals surface area contributed by atoms with Crippen molar-refractivity contribution >= 4 is 16.8 Å². The van der Waals surface area contributed by atoms with Crippen LogP contribution in [-0.4, -0.2) is 22.3 Å². The normalized spacial score (nSPS) is 19.6. The molecule has 1 heterocycles. The maximum absolute atomic E-state index is 5.72. The van der Waals surface area contributed by atoms with Crippen molar-refractivity contribution in [1.82, 2.24) is 5.01 Å². The summed E-state index contributed by atoms with van der Waals surface area (Å²) in [5, 5.41) is 6.93. The second-order valence-electron chi connectivity index (χ2n) is 3.52. The predicted octanol–water partition coefficient (Wildman–Crippen LogP) is 2.04. The zero-order valence-electron chi connectivity index (χ0n) is 6.69.